The molecule has 2 aromatic carbocycles. The van der Waals surface area contributed by atoms with Crippen molar-refractivity contribution in [3.05, 3.63) is 88.0 Å². The number of hydrogen-bond acceptors (Lipinski definition) is 6. The lowest BCUT2D eigenvalue weighted by molar-refractivity contribution is 0.0947. The van der Waals surface area contributed by atoms with Gasteiger partial charge < -0.3 is 15.2 Å². The Hall–Kier alpha value is -4.46. The SMILES string of the molecule is Cc1nc(-c2ccccc2)cc2c(O)c(C(=O)N/N=C/c3ccc(O)cc3)[nH]c(=O)c12. The van der Waals surface area contributed by atoms with Gasteiger partial charge in [-0.15, -0.1) is 0 Å². The van der Waals surface area contributed by atoms with Crippen molar-refractivity contribution in [1.29, 1.82) is 0 Å². The number of hydrogen-bond donors (Lipinski definition) is 4. The summed E-state index contributed by atoms with van der Waals surface area (Å²) in [6, 6.07) is 17.1. The Labute approximate surface area is 176 Å². The van der Waals surface area contributed by atoms with Crippen LogP contribution in [-0.4, -0.2) is 32.3 Å². The highest BCUT2D eigenvalue weighted by Gasteiger charge is 2.19. The summed E-state index contributed by atoms with van der Waals surface area (Å²) in [6.45, 7) is 1.67. The van der Waals surface area contributed by atoms with Crippen molar-refractivity contribution < 1.29 is 15.0 Å². The largest absolute Gasteiger partial charge is 0.508 e. The van der Waals surface area contributed by atoms with E-state index in [0.29, 0.717) is 17.0 Å². The standard InChI is InChI=1S/C23H18N4O4/c1-13-19-17(11-18(25-13)15-5-3-2-4-6-15)21(29)20(26-22(19)30)23(31)27-24-12-14-7-9-16(28)10-8-14/h2-12,28-29H,1H3,(H,26,30)(H,27,31)/b24-12+. The number of nitrogens with one attached hydrogen (secondary N) is 2. The topological polar surface area (TPSA) is 128 Å². The highest BCUT2D eigenvalue weighted by molar-refractivity contribution is 6.02. The van der Waals surface area contributed by atoms with Crippen molar-refractivity contribution in [3.8, 4) is 22.8 Å². The molecule has 0 fully saturated rings. The fourth-order valence-electron chi connectivity index (χ4n) is 3.22. The van der Waals surface area contributed by atoms with Crippen LogP contribution in [0.2, 0.25) is 0 Å². The number of benzene rings is 2. The third-order valence-electron chi connectivity index (χ3n) is 4.73. The number of aromatic nitrogens is 2. The van der Waals surface area contributed by atoms with Gasteiger partial charge in [0.2, 0.25) is 0 Å². The Kier molecular flexibility index (Phi) is 5.19. The number of carbonyl (C=O) groups is 1. The smallest absolute Gasteiger partial charge is 0.291 e. The molecule has 0 spiro atoms. The molecule has 1 amide bonds. The van der Waals surface area contributed by atoms with Gasteiger partial charge in [0.25, 0.3) is 11.5 Å². The van der Waals surface area contributed by atoms with Crippen molar-refractivity contribution in [2.75, 3.05) is 0 Å². The number of phenolic OH excluding ortho intramolecular Hbond substituents is 1. The number of aromatic hydroxyl groups is 2. The number of aromatic amines is 1. The number of amides is 1. The lowest BCUT2D eigenvalue weighted by atomic mass is 10.0. The van der Waals surface area contributed by atoms with E-state index in [2.05, 4.69) is 20.5 Å². The monoisotopic (exact) mass is 414 g/mol. The number of nitrogens with zero attached hydrogens (tertiary/aromatic N) is 2. The summed E-state index contributed by atoms with van der Waals surface area (Å²) in [7, 11) is 0. The maximum absolute atomic E-state index is 12.6. The van der Waals surface area contributed by atoms with E-state index in [1.165, 1.54) is 18.3 Å². The number of carbonyl (C=O) groups excluding carboxylic acids is 1. The Morgan fingerprint density at radius 2 is 1.81 bits per heavy atom. The van der Waals surface area contributed by atoms with E-state index in [4.69, 9.17) is 0 Å². The second-order valence-electron chi connectivity index (χ2n) is 6.85. The summed E-state index contributed by atoms with van der Waals surface area (Å²) in [5.41, 5.74) is 3.91. The summed E-state index contributed by atoms with van der Waals surface area (Å²) in [5.74, 6) is -1.03. The van der Waals surface area contributed by atoms with Gasteiger partial charge in [-0.25, -0.2) is 5.43 Å². The van der Waals surface area contributed by atoms with Gasteiger partial charge >= 0.3 is 0 Å². The fourth-order valence-corrected chi connectivity index (χ4v) is 3.22. The van der Waals surface area contributed by atoms with Gasteiger partial charge in [0.15, 0.2) is 11.4 Å². The van der Waals surface area contributed by atoms with Crippen LogP contribution in [0, 0.1) is 6.92 Å². The van der Waals surface area contributed by atoms with Crippen molar-refractivity contribution in [2.45, 2.75) is 6.92 Å². The number of pyridine rings is 2. The first kappa shape index (κ1) is 19.8. The molecule has 0 saturated heterocycles. The normalized spacial score (nSPS) is 11.1. The van der Waals surface area contributed by atoms with Gasteiger partial charge in [-0.05, 0) is 42.8 Å². The van der Waals surface area contributed by atoms with Crippen LogP contribution in [0.5, 0.6) is 11.5 Å². The average molecular weight is 414 g/mol. The molecule has 0 saturated carbocycles. The van der Waals surface area contributed by atoms with Gasteiger partial charge in [0, 0.05) is 10.9 Å². The lowest BCUT2D eigenvalue weighted by Crippen LogP contribution is -2.23. The van der Waals surface area contributed by atoms with Gasteiger partial charge in [-0.1, -0.05) is 30.3 Å². The zero-order valence-corrected chi connectivity index (χ0v) is 16.5. The van der Waals surface area contributed by atoms with E-state index >= 15 is 0 Å². The number of fused-ring (bicyclic) bond motifs is 1. The van der Waals surface area contributed by atoms with E-state index in [-0.39, 0.29) is 28.0 Å². The Morgan fingerprint density at radius 3 is 2.52 bits per heavy atom. The maximum atomic E-state index is 12.6. The van der Waals surface area contributed by atoms with Crippen molar-refractivity contribution >= 4 is 22.9 Å². The zero-order chi connectivity index (χ0) is 22.0. The molecular formula is C23H18N4O4. The van der Waals surface area contributed by atoms with Gasteiger partial charge in [0.05, 0.1) is 23.0 Å². The van der Waals surface area contributed by atoms with Crippen LogP contribution < -0.4 is 11.0 Å². The van der Waals surface area contributed by atoms with Crippen molar-refractivity contribution in [2.24, 2.45) is 5.10 Å². The minimum absolute atomic E-state index is 0.111. The first-order valence-corrected chi connectivity index (χ1v) is 9.38. The summed E-state index contributed by atoms with van der Waals surface area (Å²) in [4.78, 5) is 32.0. The van der Waals surface area contributed by atoms with Crippen LogP contribution in [-0.2, 0) is 0 Å². The lowest BCUT2D eigenvalue weighted by Gasteiger charge is -2.10. The number of phenols is 1. The Balaban J connectivity index is 1.71. The van der Waals surface area contributed by atoms with Crippen LogP contribution in [0.4, 0.5) is 0 Å². The summed E-state index contributed by atoms with van der Waals surface area (Å²) in [6.07, 6.45) is 1.37. The van der Waals surface area contributed by atoms with Gasteiger partial charge in [-0.3, -0.25) is 14.6 Å². The second kappa shape index (κ2) is 8.11. The highest BCUT2D eigenvalue weighted by atomic mass is 16.3. The van der Waals surface area contributed by atoms with Crippen LogP contribution in [0.3, 0.4) is 0 Å². The molecule has 0 atom stereocenters. The van der Waals surface area contributed by atoms with Crippen LogP contribution in [0.1, 0.15) is 21.7 Å². The third kappa shape index (κ3) is 3.99. The molecule has 0 bridgehead atoms. The quantitative estimate of drug-likeness (QED) is 0.301. The van der Waals surface area contributed by atoms with E-state index in [0.717, 1.165) is 5.56 Å². The minimum Gasteiger partial charge on any atom is -0.508 e. The summed E-state index contributed by atoms with van der Waals surface area (Å²) in [5, 5.41) is 24.3. The van der Waals surface area contributed by atoms with Crippen LogP contribution in [0.25, 0.3) is 22.0 Å². The average Bonchev–Trinajstić information content (AvgIpc) is 2.77. The van der Waals surface area contributed by atoms with E-state index in [1.807, 2.05) is 30.3 Å². The molecule has 0 aliphatic carbocycles. The highest BCUT2D eigenvalue weighted by Crippen LogP contribution is 2.30. The number of H-pyrrole nitrogens is 1. The van der Waals surface area contributed by atoms with E-state index in [9.17, 15) is 19.8 Å². The Morgan fingerprint density at radius 1 is 1.10 bits per heavy atom. The second-order valence-corrected chi connectivity index (χ2v) is 6.85. The summed E-state index contributed by atoms with van der Waals surface area (Å²) < 4.78 is 0. The fraction of sp³-hybridized carbons (Fsp3) is 0.0435. The van der Waals surface area contributed by atoms with Crippen molar-refractivity contribution in [3.63, 3.8) is 0 Å². The van der Waals surface area contributed by atoms with Crippen LogP contribution >= 0.6 is 0 Å². The summed E-state index contributed by atoms with van der Waals surface area (Å²) >= 11 is 0. The van der Waals surface area contributed by atoms with Crippen molar-refractivity contribution in [1.82, 2.24) is 15.4 Å². The number of aryl methyl sites for hydroxylation is 1. The molecule has 0 aliphatic heterocycles. The molecule has 2 aromatic heterocycles. The minimum atomic E-state index is -0.776. The molecule has 2 heterocycles. The van der Waals surface area contributed by atoms with Crippen LogP contribution in [0.15, 0.2) is 70.6 Å². The first-order chi connectivity index (χ1) is 14.9. The molecule has 8 nitrogen and oxygen atoms in total. The molecule has 4 aromatic rings. The molecular weight excluding hydrogens is 396 g/mol. The Bertz CT molecular complexity index is 1360. The molecule has 0 radical (unpaired) electrons. The van der Waals surface area contributed by atoms with E-state index in [1.54, 1.807) is 25.1 Å². The van der Waals surface area contributed by atoms with E-state index < -0.39 is 11.5 Å². The maximum Gasteiger partial charge on any atom is 0.291 e. The number of hydrazone groups is 1. The molecule has 4 rings (SSSR count). The zero-order valence-electron chi connectivity index (χ0n) is 16.5. The molecule has 154 valence electrons. The molecule has 8 heteroatoms. The van der Waals surface area contributed by atoms with Gasteiger partial charge in [0.1, 0.15) is 5.75 Å². The van der Waals surface area contributed by atoms with Gasteiger partial charge in [-0.2, -0.15) is 5.10 Å². The molecule has 31 heavy (non-hydrogen) atoms. The molecule has 0 unspecified atom stereocenters. The predicted molar refractivity (Wildman–Crippen MR) is 117 cm³/mol. The third-order valence-corrected chi connectivity index (χ3v) is 4.73. The molecule has 0 aliphatic rings. The first-order valence-electron chi connectivity index (χ1n) is 9.38. The predicted octanol–water partition coefficient (Wildman–Crippen LogP) is 3.07. The molecule has 4 N–H and O–H groups in total. The number of rotatable bonds is 4.